The predicted octanol–water partition coefficient (Wildman–Crippen LogP) is 1.74. The fourth-order valence-corrected chi connectivity index (χ4v) is 1.74. The molecule has 0 fully saturated rings. The van der Waals surface area contributed by atoms with Gasteiger partial charge >= 0.3 is 5.69 Å². The number of carbonyl (C=O) groups excluding carboxylic acids is 1. The number of aromatic nitrogens is 2. The maximum absolute atomic E-state index is 12.2. The Balaban J connectivity index is 3.06. The second kappa shape index (κ2) is 5.61. The number of hydrogen-bond acceptors (Lipinski definition) is 4. The molecule has 18 heavy (non-hydrogen) atoms. The number of nitrogens with one attached hydrogen (secondary N) is 1. The maximum Gasteiger partial charge on any atom is 0.322 e. The van der Waals surface area contributed by atoms with E-state index in [1.165, 1.54) is 6.92 Å². The van der Waals surface area contributed by atoms with E-state index in [0.717, 1.165) is 0 Å². The minimum absolute atomic E-state index is 0.111. The van der Waals surface area contributed by atoms with Crippen molar-refractivity contribution in [2.75, 3.05) is 13.1 Å². The molecule has 1 rings (SSSR count). The van der Waals surface area contributed by atoms with Gasteiger partial charge in [0.2, 0.25) is 5.69 Å². The molecule has 0 bridgehead atoms. The van der Waals surface area contributed by atoms with Crippen LogP contribution in [0.3, 0.4) is 0 Å². The zero-order valence-electron chi connectivity index (χ0n) is 11.1. The summed E-state index contributed by atoms with van der Waals surface area (Å²) in [6.07, 6.45) is 0. The van der Waals surface area contributed by atoms with Gasteiger partial charge in [-0.2, -0.15) is 5.10 Å². The molecule has 1 aromatic heterocycles. The smallest absolute Gasteiger partial charge is 0.322 e. The Hall–Kier alpha value is -1.92. The molecule has 0 aliphatic rings. The number of hydrogen-bond donors (Lipinski definition) is 1. The van der Waals surface area contributed by atoms with Crippen LogP contribution in [0.4, 0.5) is 5.69 Å². The van der Waals surface area contributed by atoms with E-state index >= 15 is 0 Å². The lowest BCUT2D eigenvalue weighted by Crippen LogP contribution is -2.34. The second-order valence-electron chi connectivity index (χ2n) is 4.54. The number of aryl methyl sites for hydroxylation is 1. The maximum atomic E-state index is 12.2. The summed E-state index contributed by atoms with van der Waals surface area (Å²) in [5, 5.41) is 17.2. The Labute approximate surface area is 105 Å². The zero-order chi connectivity index (χ0) is 13.9. The summed E-state index contributed by atoms with van der Waals surface area (Å²) in [5.74, 6) is -0.102. The van der Waals surface area contributed by atoms with E-state index in [9.17, 15) is 14.9 Å². The molecule has 0 aliphatic heterocycles. The van der Waals surface area contributed by atoms with Crippen molar-refractivity contribution in [1.29, 1.82) is 0 Å². The van der Waals surface area contributed by atoms with Crippen molar-refractivity contribution in [3.05, 3.63) is 21.5 Å². The summed E-state index contributed by atoms with van der Waals surface area (Å²) in [6, 6.07) is 0. The molecule has 0 saturated carbocycles. The lowest BCUT2D eigenvalue weighted by atomic mass is 10.2. The van der Waals surface area contributed by atoms with E-state index in [-0.39, 0.29) is 11.4 Å². The minimum atomic E-state index is -0.574. The number of nitrogens with zero attached hydrogens (tertiary/aromatic N) is 3. The van der Waals surface area contributed by atoms with Crippen LogP contribution in [0.5, 0.6) is 0 Å². The van der Waals surface area contributed by atoms with Crippen molar-refractivity contribution >= 4 is 11.6 Å². The number of aromatic amines is 1. The highest BCUT2D eigenvalue weighted by molar-refractivity contribution is 5.96. The second-order valence-corrected chi connectivity index (χ2v) is 4.54. The van der Waals surface area contributed by atoms with Crippen molar-refractivity contribution in [2.24, 2.45) is 5.92 Å². The van der Waals surface area contributed by atoms with Gasteiger partial charge in [0.1, 0.15) is 5.69 Å². The third kappa shape index (κ3) is 2.85. The Morgan fingerprint density at radius 1 is 1.56 bits per heavy atom. The van der Waals surface area contributed by atoms with Gasteiger partial charge in [-0.25, -0.2) is 0 Å². The molecule has 1 heterocycles. The molecule has 0 spiro atoms. The van der Waals surface area contributed by atoms with Crippen LogP contribution >= 0.6 is 0 Å². The topological polar surface area (TPSA) is 92.1 Å². The van der Waals surface area contributed by atoms with Crippen LogP contribution in [-0.4, -0.2) is 39.0 Å². The lowest BCUT2D eigenvalue weighted by molar-refractivity contribution is -0.385. The molecular weight excluding hydrogens is 236 g/mol. The fourth-order valence-electron chi connectivity index (χ4n) is 1.74. The molecule has 0 saturated heterocycles. The van der Waals surface area contributed by atoms with Gasteiger partial charge in [-0.1, -0.05) is 13.8 Å². The molecule has 7 heteroatoms. The van der Waals surface area contributed by atoms with Gasteiger partial charge in [0, 0.05) is 13.1 Å². The van der Waals surface area contributed by atoms with E-state index in [2.05, 4.69) is 10.2 Å². The number of H-pyrrole nitrogens is 1. The van der Waals surface area contributed by atoms with Gasteiger partial charge in [-0.3, -0.25) is 20.0 Å². The highest BCUT2D eigenvalue weighted by Crippen LogP contribution is 2.21. The number of carbonyl (C=O) groups is 1. The molecule has 0 aliphatic carbocycles. The van der Waals surface area contributed by atoms with Crippen LogP contribution in [-0.2, 0) is 0 Å². The summed E-state index contributed by atoms with van der Waals surface area (Å²) in [5.41, 5.74) is -0.0499. The van der Waals surface area contributed by atoms with Crippen LogP contribution in [0.2, 0.25) is 0 Å². The number of amides is 1. The standard InChI is InChI=1S/C11H18N4O3/c1-5-14(6-7(2)3)11(16)9-10(15(17)18)8(4)12-13-9/h7H,5-6H2,1-4H3,(H,12,13). The van der Waals surface area contributed by atoms with Crippen LogP contribution < -0.4 is 0 Å². The summed E-state index contributed by atoms with van der Waals surface area (Å²) in [4.78, 5) is 24.1. The van der Waals surface area contributed by atoms with E-state index in [1.54, 1.807) is 4.90 Å². The van der Waals surface area contributed by atoms with Gasteiger partial charge in [-0.05, 0) is 19.8 Å². The molecule has 7 nitrogen and oxygen atoms in total. The molecule has 100 valence electrons. The van der Waals surface area contributed by atoms with Crippen LogP contribution in [0.15, 0.2) is 0 Å². The fraction of sp³-hybridized carbons (Fsp3) is 0.636. The van der Waals surface area contributed by atoms with Crippen LogP contribution in [0.25, 0.3) is 0 Å². The Morgan fingerprint density at radius 2 is 2.17 bits per heavy atom. The Kier molecular flexibility index (Phi) is 4.41. The summed E-state index contributed by atoms with van der Waals surface area (Å²) >= 11 is 0. The zero-order valence-corrected chi connectivity index (χ0v) is 11.1. The SMILES string of the molecule is CCN(CC(C)C)C(=O)c1n[nH]c(C)c1[N+](=O)[O-]. The van der Waals surface area contributed by atoms with Gasteiger partial charge < -0.3 is 4.90 Å². The molecule has 0 unspecified atom stereocenters. The van der Waals surface area contributed by atoms with Gasteiger partial charge in [0.15, 0.2) is 0 Å². The Morgan fingerprint density at radius 3 is 2.61 bits per heavy atom. The highest BCUT2D eigenvalue weighted by Gasteiger charge is 2.30. The minimum Gasteiger partial charge on any atom is -0.337 e. The third-order valence-electron chi connectivity index (χ3n) is 2.55. The van der Waals surface area contributed by atoms with E-state index in [0.29, 0.717) is 24.7 Å². The van der Waals surface area contributed by atoms with Crippen LogP contribution in [0, 0.1) is 23.0 Å². The predicted molar refractivity (Wildman–Crippen MR) is 66.4 cm³/mol. The molecule has 1 N–H and O–H groups in total. The molecular formula is C11H18N4O3. The van der Waals surface area contributed by atoms with Crippen LogP contribution in [0.1, 0.15) is 37.0 Å². The van der Waals surface area contributed by atoms with Gasteiger partial charge in [0.25, 0.3) is 5.91 Å². The van der Waals surface area contributed by atoms with Crippen molar-refractivity contribution in [3.8, 4) is 0 Å². The van der Waals surface area contributed by atoms with E-state index < -0.39 is 10.8 Å². The molecule has 1 amide bonds. The van der Waals surface area contributed by atoms with E-state index in [1.807, 2.05) is 20.8 Å². The molecule has 1 aromatic rings. The average molecular weight is 254 g/mol. The first-order valence-electron chi connectivity index (χ1n) is 5.87. The average Bonchev–Trinajstić information content (AvgIpc) is 2.66. The monoisotopic (exact) mass is 254 g/mol. The quantitative estimate of drug-likeness (QED) is 0.640. The number of nitro groups is 1. The third-order valence-corrected chi connectivity index (χ3v) is 2.55. The lowest BCUT2D eigenvalue weighted by Gasteiger charge is -2.21. The van der Waals surface area contributed by atoms with Gasteiger partial charge in [-0.15, -0.1) is 0 Å². The van der Waals surface area contributed by atoms with Crippen molar-refractivity contribution in [3.63, 3.8) is 0 Å². The molecule has 0 atom stereocenters. The Bertz CT molecular complexity index is 453. The van der Waals surface area contributed by atoms with E-state index in [4.69, 9.17) is 0 Å². The van der Waals surface area contributed by atoms with Crippen molar-refractivity contribution < 1.29 is 9.72 Å². The highest BCUT2D eigenvalue weighted by atomic mass is 16.6. The summed E-state index contributed by atoms with van der Waals surface area (Å²) < 4.78 is 0. The molecule has 0 radical (unpaired) electrons. The first kappa shape index (κ1) is 14.1. The first-order chi connectivity index (χ1) is 8.38. The summed E-state index contributed by atoms with van der Waals surface area (Å²) in [7, 11) is 0. The molecule has 0 aromatic carbocycles. The first-order valence-corrected chi connectivity index (χ1v) is 5.87. The van der Waals surface area contributed by atoms with Crippen molar-refractivity contribution in [2.45, 2.75) is 27.7 Å². The van der Waals surface area contributed by atoms with Crippen molar-refractivity contribution in [1.82, 2.24) is 15.1 Å². The van der Waals surface area contributed by atoms with Gasteiger partial charge in [0.05, 0.1) is 4.92 Å². The normalized spacial score (nSPS) is 10.7. The summed E-state index contributed by atoms with van der Waals surface area (Å²) in [6.45, 7) is 8.39. The number of rotatable bonds is 5. The largest absolute Gasteiger partial charge is 0.337 e.